The van der Waals surface area contributed by atoms with E-state index >= 15 is 0 Å². The molecule has 0 aromatic carbocycles. The molecule has 1 aliphatic rings. The van der Waals surface area contributed by atoms with E-state index in [4.69, 9.17) is 5.73 Å². The quantitative estimate of drug-likeness (QED) is 0.724. The Hall–Kier alpha value is -0.620. The lowest BCUT2D eigenvalue weighted by atomic mass is 9.93. The van der Waals surface area contributed by atoms with Crippen molar-refractivity contribution < 1.29 is 13.2 Å². The summed E-state index contributed by atoms with van der Waals surface area (Å²) in [6, 6.07) is 0. The van der Waals surface area contributed by atoms with Crippen LogP contribution in [0.5, 0.6) is 0 Å². The molecule has 1 amide bonds. The minimum absolute atomic E-state index is 0.119. The van der Waals surface area contributed by atoms with Crippen molar-refractivity contribution in [1.29, 1.82) is 0 Å². The van der Waals surface area contributed by atoms with Gasteiger partial charge in [0.1, 0.15) is 0 Å². The molecule has 1 aliphatic heterocycles. The second-order valence-corrected chi connectivity index (χ2v) is 7.04. The van der Waals surface area contributed by atoms with Crippen LogP contribution in [-0.4, -0.2) is 36.5 Å². The SMILES string of the molecule is CC1(C)CS(=O)(=O)N(C(C)(C)CN)C1=O. The van der Waals surface area contributed by atoms with Crippen molar-refractivity contribution in [3.05, 3.63) is 0 Å². The van der Waals surface area contributed by atoms with E-state index < -0.39 is 21.0 Å². The minimum Gasteiger partial charge on any atom is -0.328 e. The van der Waals surface area contributed by atoms with Gasteiger partial charge < -0.3 is 5.73 Å². The summed E-state index contributed by atoms with van der Waals surface area (Å²) in [5, 5.41) is 0. The predicted octanol–water partition coefficient (Wildman–Crippen LogP) is -0.0781. The smallest absolute Gasteiger partial charge is 0.243 e. The van der Waals surface area contributed by atoms with E-state index in [0.29, 0.717) is 0 Å². The maximum absolute atomic E-state index is 11.9. The normalized spacial score (nSPS) is 24.6. The molecule has 0 saturated carbocycles. The summed E-state index contributed by atoms with van der Waals surface area (Å²) in [7, 11) is -3.51. The highest BCUT2D eigenvalue weighted by Crippen LogP contribution is 2.36. The van der Waals surface area contributed by atoms with Crippen molar-refractivity contribution in [3.63, 3.8) is 0 Å². The van der Waals surface area contributed by atoms with E-state index in [1.807, 2.05) is 0 Å². The molecule has 1 fully saturated rings. The van der Waals surface area contributed by atoms with Gasteiger partial charge >= 0.3 is 0 Å². The molecule has 0 spiro atoms. The molecule has 6 heteroatoms. The molecule has 0 bridgehead atoms. The average molecular weight is 234 g/mol. The summed E-state index contributed by atoms with van der Waals surface area (Å²) < 4.78 is 24.6. The number of nitrogens with two attached hydrogens (primary N) is 1. The number of rotatable bonds is 2. The van der Waals surface area contributed by atoms with Crippen LogP contribution in [0.25, 0.3) is 0 Å². The molecular formula is C9H18N2O3S. The summed E-state index contributed by atoms with van der Waals surface area (Å²) >= 11 is 0. The summed E-state index contributed by atoms with van der Waals surface area (Å²) in [6.07, 6.45) is 0. The maximum atomic E-state index is 11.9. The van der Waals surface area contributed by atoms with E-state index in [9.17, 15) is 13.2 Å². The fourth-order valence-corrected chi connectivity index (χ4v) is 4.21. The third kappa shape index (κ3) is 1.88. The Kier molecular flexibility index (Phi) is 2.64. The first kappa shape index (κ1) is 12.4. The lowest BCUT2D eigenvalue weighted by Crippen LogP contribution is -2.52. The first-order chi connectivity index (χ1) is 6.54. The van der Waals surface area contributed by atoms with Gasteiger partial charge in [0, 0.05) is 6.54 Å². The molecule has 0 unspecified atom stereocenters. The number of nitrogens with zero attached hydrogens (tertiary/aromatic N) is 1. The summed E-state index contributed by atoms with van der Waals surface area (Å²) in [5.74, 6) is -0.500. The number of hydrogen-bond acceptors (Lipinski definition) is 4. The molecule has 88 valence electrons. The fraction of sp³-hybridized carbons (Fsp3) is 0.889. The molecule has 5 nitrogen and oxygen atoms in total. The minimum atomic E-state index is -3.51. The molecular weight excluding hydrogens is 216 g/mol. The Morgan fingerprint density at radius 3 is 2.20 bits per heavy atom. The van der Waals surface area contributed by atoms with Crippen molar-refractivity contribution in [2.75, 3.05) is 12.3 Å². The van der Waals surface area contributed by atoms with E-state index in [2.05, 4.69) is 0 Å². The van der Waals surface area contributed by atoms with E-state index in [1.54, 1.807) is 27.7 Å². The fourth-order valence-electron chi connectivity index (χ4n) is 1.72. The van der Waals surface area contributed by atoms with Crippen LogP contribution in [0, 0.1) is 5.41 Å². The predicted molar refractivity (Wildman–Crippen MR) is 57.5 cm³/mol. The van der Waals surface area contributed by atoms with Crippen LogP contribution >= 0.6 is 0 Å². The number of sulfonamides is 1. The van der Waals surface area contributed by atoms with Gasteiger partial charge in [0.05, 0.1) is 16.7 Å². The van der Waals surface area contributed by atoms with E-state index in [1.165, 1.54) is 0 Å². The lowest BCUT2D eigenvalue weighted by molar-refractivity contribution is -0.135. The van der Waals surface area contributed by atoms with Gasteiger partial charge in [-0.1, -0.05) is 0 Å². The van der Waals surface area contributed by atoms with Crippen molar-refractivity contribution in [2.45, 2.75) is 33.2 Å². The monoisotopic (exact) mass is 234 g/mol. The van der Waals surface area contributed by atoms with Crippen molar-refractivity contribution in [3.8, 4) is 0 Å². The topological polar surface area (TPSA) is 80.5 Å². The highest BCUT2D eigenvalue weighted by molar-refractivity contribution is 7.90. The van der Waals surface area contributed by atoms with Crippen LogP contribution in [0.15, 0.2) is 0 Å². The van der Waals surface area contributed by atoms with Crippen LogP contribution in [0.2, 0.25) is 0 Å². The third-order valence-electron chi connectivity index (χ3n) is 2.63. The van der Waals surface area contributed by atoms with Gasteiger partial charge in [-0.25, -0.2) is 12.7 Å². The highest BCUT2D eigenvalue weighted by Gasteiger charge is 2.53. The van der Waals surface area contributed by atoms with Crippen LogP contribution in [-0.2, 0) is 14.8 Å². The van der Waals surface area contributed by atoms with Gasteiger partial charge in [0.15, 0.2) is 0 Å². The Bertz CT molecular complexity index is 384. The number of carbonyl (C=O) groups is 1. The van der Waals surface area contributed by atoms with E-state index in [0.717, 1.165) is 4.31 Å². The number of hydrogen-bond donors (Lipinski definition) is 1. The Balaban J connectivity index is 3.26. The largest absolute Gasteiger partial charge is 0.328 e. The lowest BCUT2D eigenvalue weighted by Gasteiger charge is -2.33. The molecule has 0 radical (unpaired) electrons. The van der Waals surface area contributed by atoms with Gasteiger partial charge in [-0.05, 0) is 27.7 Å². The Labute approximate surface area is 90.7 Å². The molecule has 1 saturated heterocycles. The zero-order valence-corrected chi connectivity index (χ0v) is 10.4. The van der Waals surface area contributed by atoms with Crippen LogP contribution < -0.4 is 5.73 Å². The molecule has 0 atom stereocenters. The zero-order chi connectivity index (χ0) is 12.1. The zero-order valence-electron chi connectivity index (χ0n) is 9.57. The standard InChI is InChI=1S/C9H18N2O3S/c1-8(2)6-15(13,14)11(7(8)12)9(3,4)5-10/h5-6,10H2,1-4H3. The number of amides is 1. The van der Waals surface area contributed by atoms with Gasteiger partial charge in [0.25, 0.3) is 0 Å². The van der Waals surface area contributed by atoms with Crippen molar-refractivity contribution >= 4 is 15.9 Å². The maximum Gasteiger partial charge on any atom is 0.243 e. The summed E-state index contributed by atoms with van der Waals surface area (Å²) in [6.45, 7) is 6.71. The molecule has 2 N–H and O–H groups in total. The summed E-state index contributed by atoms with van der Waals surface area (Å²) in [4.78, 5) is 11.9. The van der Waals surface area contributed by atoms with Crippen LogP contribution in [0.3, 0.4) is 0 Å². The first-order valence-corrected chi connectivity index (χ1v) is 6.43. The van der Waals surface area contributed by atoms with Crippen LogP contribution in [0.4, 0.5) is 0 Å². The third-order valence-corrected chi connectivity index (χ3v) is 4.94. The van der Waals surface area contributed by atoms with Crippen molar-refractivity contribution in [2.24, 2.45) is 11.1 Å². The Morgan fingerprint density at radius 1 is 1.47 bits per heavy atom. The molecule has 1 rings (SSSR count). The van der Waals surface area contributed by atoms with Crippen molar-refractivity contribution in [1.82, 2.24) is 4.31 Å². The second-order valence-electron chi connectivity index (χ2n) is 5.23. The second kappa shape index (κ2) is 3.18. The molecule has 0 aromatic rings. The molecule has 15 heavy (non-hydrogen) atoms. The molecule has 0 aliphatic carbocycles. The molecule has 0 aromatic heterocycles. The first-order valence-electron chi connectivity index (χ1n) is 4.82. The molecule has 1 heterocycles. The Morgan fingerprint density at radius 2 is 1.93 bits per heavy atom. The van der Waals surface area contributed by atoms with E-state index in [-0.39, 0.29) is 18.2 Å². The van der Waals surface area contributed by atoms with Crippen LogP contribution in [0.1, 0.15) is 27.7 Å². The van der Waals surface area contributed by atoms with Gasteiger partial charge in [-0.3, -0.25) is 4.79 Å². The summed E-state index contributed by atoms with van der Waals surface area (Å²) in [5.41, 5.74) is 3.81. The average Bonchev–Trinajstić information content (AvgIpc) is 2.16. The van der Waals surface area contributed by atoms with Gasteiger partial charge in [-0.15, -0.1) is 0 Å². The highest BCUT2D eigenvalue weighted by atomic mass is 32.2. The van der Waals surface area contributed by atoms with Gasteiger partial charge in [0.2, 0.25) is 15.9 Å². The number of carbonyl (C=O) groups excluding carboxylic acids is 1. The van der Waals surface area contributed by atoms with Gasteiger partial charge in [-0.2, -0.15) is 0 Å².